The predicted molar refractivity (Wildman–Crippen MR) is 121 cm³/mol. The first-order valence-corrected chi connectivity index (χ1v) is 9.50. The molecule has 0 unspecified atom stereocenters. The molecule has 0 amide bonds. The van der Waals surface area contributed by atoms with Crippen LogP contribution in [0.4, 0.5) is 0 Å². The molecule has 0 aliphatic carbocycles. The lowest BCUT2D eigenvalue weighted by Gasteiger charge is -2.11. The SMILES string of the molecule is CN=C(NCCCCOCc1ccccc1)NCc1nc(C)c(C)s1.I. The van der Waals surface area contributed by atoms with Crippen molar-refractivity contribution in [3.8, 4) is 0 Å². The predicted octanol–water partition coefficient (Wildman–Crippen LogP) is 4.04. The van der Waals surface area contributed by atoms with Crippen LogP contribution in [0, 0.1) is 13.8 Å². The Morgan fingerprint density at radius 3 is 2.58 bits per heavy atom. The summed E-state index contributed by atoms with van der Waals surface area (Å²) in [5.41, 5.74) is 2.33. The van der Waals surface area contributed by atoms with E-state index in [-0.39, 0.29) is 24.0 Å². The Labute approximate surface area is 177 Å². The van der Waals surface area contributed by atoms with Crippen LogP contribution in [0.1, 0.15) is 34.0 Å². The molecule has 0 bridgehead atoms. The summed E-state index contributed by atoms with van der Waals surface area (Å²) in [6.07, 6.45) is 2.08. The molecule has 1 aromatic heterocycles. The second-order valence-corrected chi connectivity index (χ2v) is 7.13. The van der Waals surface area contributed by atoms with Crippen molar-refractivity contribution in [2.75, 3.05) is 20.2 Å². The van der Waals surface area contributed by atoms with Crippen LogP contribution < -0.4 is 10.6 Å². The molecule has 1 aromatic carbocycles. The van der Waals surface area contributed by atoms with E-state index in [1.165, 1.54) is 10.4 Å². The summed E-state index contributed by atoms with van der Waals surface area (Å²) in [4.78, 5) is 10.0. The molecule has 0 aliphatic rings. The normalized spacial score (nSPS) is 11.1. The van der Waals surface area contributed by atoms with Crippen molar-refractivity contribution in [1.82, 2.24) is 15.6 Å². The van der Waals surface area contributed by atoms with E-state index in [0.717, 1.165) is 42.7 Å². The first-order valence-electron chi connectivity index (χ1n) is 8.68. The number of rotatable bonds is 9. The van der Waals surface area contributed by atoms with E-state index in [1.807, 2.05) is 25.1 Å². The van der Waals surface area contributed by atoms with Gasteiger partial charge in [-0.1, -0.05) is 30.3 Å². The van der Waals surface area contributed by atoms with Crippen molar-refractivity contribution in [1.29, 1.82) is 0 Å². The maximum atomic E-state index is 5.69. The Morgan fingerprint density at radius 2 is 1.92 bits per heavy atom. The van der Waals surface area contributed by atoms with E-state index in [1.54, 1.807) is 18.4 Å². The van der Waals surface area contributed by atoms with Crippen LogP contribution in [0.2, 0.25) is 0 Å². The Morgan fingerprint density at radius 1 is 1.15 bits per heavy atom. The zero-order valence-electron chi connectivity index (χ0n) is 15.7. The Balaban J connectivity index is 0.00000338. The molecule has 0 aliphatic heterocycles. The number of halogens is 1. The van der Waals surface area contributed by atoms with Gasteiger partial charge < -0.3 is 15.4 Å². The van der Waals surface area contributed by atoms with Gasteiger partial charge in [-0.15, -0.1) is 35.3 Å². The molecule has 0 radical (unpaired) electrons. The first-order chi connectivity index (χ1) is 12.2. The summed E-state index contributed by atoms with van der Waals surface area (Å²) in [5, 5.41) is 7.73. The van der Waals surface area contributed by atoms with Crippen molar-refractivity contribution >= 4 is 41.3 Å². The smallest absolute Gasteiger partial charge is 0.191 e. The summed E-state index contributed by atoms with van der Waals surface area (Å²) in [6.45, 7) is 7.19. The Kier molecular flexibility index (Phi) is 11.5. The zero-order chi connectivity index (χ0) is 17.9. The molecular formula is C19H29IN4OS. The quantitative estimate of drug-likeness (QED) is 0.242. The molecule has 0 fully saturated rings. The highest BCUT2D eigenvalue weighted by atomic mass is 127. The Hall–Kier alpha value is -1.19. The van der Waals surface area contributed by atoms with E-state index >= 15 is 0 Å². The summed E-state index contributed by atoms with van der Waals surface area (Å²) in [6, 6.07) is 10.3. The molecule has 2 aromatic rings. The minimum atomic E-state index is 0. The number of thiazole rings is 1. The van der Waals surface area contributed by atoms with Crippen LogP contribution >= 0.6 is 35.3 Å². The molecule has 0 spiro atoms. The zero-order valence-corrected chi connectivity index (χ0v) is 18.9. The van der Waals surface area contributed by atoms with Gasteiger partial charge in [-0.2, -0.15) is 0 Å². The average molecular weight is 488 g/mol. The third kappa shape index (κ3) is 8.46. The molecule has 1 heterocycles. The van der Waals surface area contributed by atoms with Crippen molar-refractivity contribution in [2.45, 2.75) is 39.8 Å². The van der Waals surface area contributed by atoms with Crippen molar-refractivity contribution in [3.63, 3.8) is 0 Å². The van der Waals surface area contributed by atoms with Gasteiger partial charge in [0, 0.05) is 25.1 Å². The molecule has 26 heavy (non-hydrogen) atoms. The second kappa shape index (κ2) is 13.1. The number of nitrogens with zero attached hydrogens (tertiary/aromatic N) is 2. The van der Waals surface area contributed by atoms with Crippen molar-refractivity contribution < 1.29 is 4.74 Å². The molecule has 5 nitrogen and oxygen atoms in total. The number of aliphatic imine (C=N–C) groups is 1. The lowest BCUT2D eigenvalue weighted by Crippen LogP contribution is -2.37. The van der Waals surface area contributed by atoms with E-state index in [4.69, 9.17) is 4.74 Å². The summed E-state index contributed by atoms with van der Waals surface area (Å²) < 4.78 is 5.69. The number of hydrogen-bond donors (Lipinski definition) is 2. The fourth-order valence-corrected chi connectivity index (χ4v) is 3.17. The molecule has 0 atom stereocenters. The molecule has 2 N–H and O–H groups in total. The van der Waals surface area contributed by atoms with E-state index in [2.05, 4.69) is 39.7 Å². The monoisotopic (exact) mass is 488 g/mol. The number of benzene rings is 1. The van der Waals surface area contributed by atoms with Crippen molar-refractivity contribution in [2.24, 2.45) is 4.99 Å². The summed E-state index contributed by atoms with van der Waals surface area (Å²) >= 11 is 1.73. The lowest BCUT2D eigenvalue weighted by atomic mass is 10.2. The molecule has 7 heteroatoms. The number of aryl methyl sites for hydroxylation is 2. The maximum Gasteiger partial charge on any atom is 0.191 e. The Bertz CT molecular complexity index is 641. The van der Waals surface area contributed by atoms with E-state index in [9.17, 15) is 0 Å². The minimum absolute atomic E-state index is 0. The third-order valence-electron chi connectivity index (χ3n) is 3.82. The minimum Gasteiger partial charge on any atom is -0.377 e. The second-order valence-electron chi connectivity index (χ2n) is 5.85. The van der Waals surface area contributed by atoms with Gasteiger partial charge >= 0.3 is 0 Å². The van der Waals surface area contributed by atoms with E-state index in [0.29, 0.717) is 13.2 Å². The number of hydrogen-bond acceptors (Lipinski definition) is 4. The first kappa shape index (κ1) is 22.9. The fraction of sp³-hybridized carbons (Fsp3) is 0.474. The number of nitrogens with one attached hydrogen (secondary N) is 2. The number of unbranched alkanes of at least 4 members (excludes halogenated alkanes) is 1. The highest BCUT2D eigenvalue weighted by Gasteiger charge is 2.04. The van der Waals surface area contributed by atoms with Crippen LogP contribution in [-0.2, 0) is 17.9 Å². The van der Waals surface area contributed by atoms with Crippen LogP contribution in [0.15, 0.2) is 35.3 Å². The highest BCUT2D eigenvalue weighted by Crippen LogP contribution is 2.15. The van der Waals surface area contributed by atoms with E-state index < -0.39 is 0 Å². The standard InChI is InChI=1S/C19H28N4OS.HI/c1-15-16(2)25-18(23-15)13-22-19(20-3)21-11-7-8-12-24-14-17-9-5-4-6-10-17;/h4-6,9-10H,7-8,11-14H2,1-3H3,(H2,20,21,22);1H. The average Bonchev–Trinajstić information content (AvgIpc) is 2.95. The van der Waals surface area contributed by atoms with Gasteiger partial charge in [0.25, 0.3) is 0 Å². The number of aromatic nitrogens is 1. The molecular weight excluding hydrogens is 459 g/mol. The van der Waals surface area contributed by atoms with Gasteiger partial charge in [-0.05, 0) is 32.3 Å². The topological polar surface area (TPSA) is 58.5 Å². The number of guanidine groups is 1. The maximum absolute atomic E-state index is 5.69. The third-order valence-corrected chi connectivity index (χ3v) is 4.90. The van der Waals surface area contributed by atoms with Gasteiger partial charge in [-0.3, -0.25) is 4.99 Å². The number of ether oxygens (including phenoxy) is 1. The van der Waals surface area contributed by atoms with Gasteiger partial charge in [-0.25, -0.2) is 4.98 Å². The van der Waals surface area contributed by atoms with Gasteiger partial charge in [0.15, 0.2) is 5.96 Å². The molecule has 0 saturated carbocycles. The lowest BCUT2D eigenvalue weighted by molar-refractivity contribution is 0.117. The van der Waals surface area contributed by atoms with Crippen LogP contribution in [0.25, 0.3) is 0 Å². The van der Waals surface area contributed by atoms with Gasteiger partial charge in [0.1, 0.15) is 5.01 Å². The van der Waals surface area contributed by atoms with Crippen molar-refractivity contribution in [3.05, 3.63) is 51.5 Å². The van der Waals surface area contributed by atoms with Gasteiger partial charge in [0.05, 0.1) is 18.8 Å². The molecule has 2 rings (SSSR count). The largest absolute Gasteiger partial charge is 0.377 e. The fourth-order valence-electron chi connectivity index (χ4n) is 2.29. The summed E-state index contributed by atoms with van der Waals surface area (Å²) in [5.74, 6) is 0.815. The molecule has 0 saturated heterocycles. The molecule has 144 valence electrons. The van der Waals surface area contributed by atoms with Crippen LogP contribution in [0.3, 0.4) is 0 Å². The van der Waals surface area contributed by atoms with Crippen LogP contribution in [-0.4, -0.2) is 31.1 Å². The van der Waals surface area contributed by atoms with Gasteiger partial charge in [0.2, 0.25) is 0 Å². The summed E-state index contributed by atoms with van der Waals surface area (Å²) in [7, 11) is 1.79. The van der Waals surface area contributed by atoms with Crippen LogP contribution in [0.5, 0.6) is 0 Å². The highest BCUT2D eigenvalue weighted by molar-refractivity contribution is 14.0.